The molecule has 4 rings (SSSR count). The van der Waals surface area contributed by atoms with Crippen LogP contribution in [0.25, 0.3) is 21.8 Å². The number of aromatic nitrogens is 2. The van der Waals surface area contributed by atoms with E-state index in [-0.39, 0.29) is 6.10 Å². The van der Waals surface area contributed by atoms with Crippen LogP contribution in [0.2, 0.25) is 0 Å². The summed E-state index contributed by atoms with van der Waals surface area (Å²) in [6.07, 6.45) is 4.56. The number of rotatable bonds is 4. The van der Waals surface area contributed by atoms with Crippen LogP contribution in [0.15, 0.2) is 73.1 Å². The molecule has 0 bridgehead atoms. The van der Waals surface area contributed by atoms with Crippen LogP contribution in [0.5, 0.6) is 5.75 Å². The van der Waals surface area contributed by atoms with Crippen molar-refractivity contribution in [2.45, 2.75) is 19.4 Å². The highest BCUT2D eigenvalue weighted by atomic mass is 16.5. The van der Waals surface area contributed by atoms with E-state index in [1.165, 1.54) is 10.9 Å². The van der Waals surface area contributed by atoms with Crippen LogP contribution in [0.4, 0.5) is 0 Å². The highest BCUT2D eigenvalue weighted by molar-refractivity contribution is 5.84. The van der Waals surface area contributed by atoms with Gasteiger partial charge >= 0.3 is 0 Å². The number of pyridine rings is 2. The Hall–Kier alpha value is -2.94. The van der Waals surface area contributed by atoms with Gasteiger partial charge in [0.25, 0.3) is 0 Å². The lowest BCUT2D eigenvalue weighted by molar-refractivity contribution is 0.225. The van der Waals surface area contributed by atoms with Gasteiger partial charge in [-0.2, -0.15) is 0 Å². The normalized spacial score (nSPS) is 12.4. The number of nitrogens with zero attached hydrogens (tertiary/aromatic N) is 2. The molecule has 1 unspecified atom stereocenters. The molecule has 0 aliphatic carbocycles. The molecule has 0 saturated carbocycles. The van der Waals surface area contributed by atoms with Gasteiger partial charge in [0.05, 0.1) is 17.1 Å². The number of benzene rings is 2. The largest absolute Gasteiger partial charge is 0.490 e. The Kier molecular flexibility index (Phi) is 3.83. The topological polar surface area (TPSA) is 35.0 Å². The summed E-state index contributed by atoms with van der Waals surface area (Å²) in [5.41, 5.74) is 3.24. The zero-order chi connectivity index (χ0) is 16.4. The minimum absolute atomic E-state index is 0.0570. The number of hydrogen-bond donors (Lipinski definition) is 0. The first-order valence-electron chi connectivity index (χ1n) is 8.14. The quantitative estimate of drug-likeness (QED) is 0.543. The Balaban J connectivity index is 1.61. The molecule has 0 aliphatic heterocycles. The van der Waals surface area contributed by atoms with E-state index in [4.69, 9.17) is 4.74 Å². The Morgan fingerprint density at radius 2 is 1.42 bits per heavy atom. The summed E-state index contributed by atoms with van der Waals surface area (Å²) < 4.78 is 6.22. The molecule has 24 heavy (non-hydrogen) atoms. The summed E-state index contributed by atoms with van der Waals surface area (Å²) in [5, 5.41) is 2.24. The average molecular weight is 314 g/mol. The molecule has 0 fully saturated rings. The third kappa shape index (κ3) is 2.81. The number of fused-ring (bicyclic) bond motifs is 2. The molecule has 0 aliphatic rings. The van der Waals surface area contributed by atoms with Gasteiger partial charge in [-0.15, -0.1) is 0 Å². The van der Waals surface area contributed by atoms with Crippen LogP contribution in [-0.2, 0) is 6.42 Å². The summed E-state index contributed by atoms with van der Waals surface area (Å²) in [5.74, 6) is 0.881. The predicted molar refractivity (Wildman–Crippen MR) is 97.3 cm³/mol. The first kappa shape index (κ1) is 14.6. The van der Waals surface area contributed by atoms with E-state index in [1.54, 1.807) is 6.20 Å². The Bertz CT molecular complexity index is 905. The van der Waals surface area contributed by atoms with E-state index in [0.29, 0.717) is 0 Å². The van der Waals surface area contributed by atoms with Crippen LogP contribution in [0.3, 0.4) is 0 Å². The molecule has 2 aromatic carbocycles. The van der Waals surface area contributed by atoms with Gasteiger partial charge < -0.3 is 4.74 Å². The summed E-state index contributed by atoms with van der Waals surface area (Å²) in [6, 6.07) is 20.3. The lowest BCUT2D eigenvalue weighted by Gasteiger charge is -2.17. The SMILES string of the molecule is CC(Cc1ccnc2ccccc12)Oc1ccnc2ccccc12. The number of ether oxygens (including phenoxy) is 1. The van der Waals surface area contributed by atoms with Crippen molar-refractivity contribution in [3.8, 4) is 5.75 Å². The van der Waals surface area contributed by atoms with Crippen LogP contribution in [0, 0.1) is 0 Å². The molecule has 0 N–H and O–H groups in total. The minimum atomic E-state index is 0.0570. The summed E-state index contributed by atoms with van der Waals surface area (Å²) in [4.78, 5) is 8.81. The second kappa shape index (κ2) is 6.28. The van der Waals surface area contributed by atoms with Gasteiger partial charge in [0, 0.05) is 29.6 Å². The average Bonchev–Trinajstić information content (AvgIpc) is 2.62. The van der Waals surface area contributed by atoms with Gasteiger partial charge in [-0.1, -0.05) is 30.3 Å². The van der Waals surface area contributed by atoms with E-state index in [2.05, 4.69) is 35.1 Å². The smallest absolute Gasteiger partial charge is 0.130 e. The first-order valence-corrected chi connectivity index (χ1v) is 8.14. The van der Waals surface area contributed by atoms with Crippen LogP contribution >= 0.6 is 0 Å². The van der Waals surface area contributed by atoms with Crippen LogP contribution < -0.4 is 4.74 Å². The lowest BCUT2D eigenvalue weighted by Crippen LogP contribution is -2.15. The van der Waals surface area contributed by atoms with E-state index in [9.17, 15) is 0 Å². The molecule has 0 spiro atoms. The molecule has 4 aromatic rings. The molecule has 2 heterocycles. The fraction of sp³-hybridized carbons (Fsp3) is 0.143. The monoisotopic (exact) mass is 314 g/mol. The predicted octanol–water partition coefficient (Wildman–Crippen LogP) is 4.79. The molecule has 3 heteroatoms. The molecular formula is C21H18N2O. The number of hydrogen-bond acceptors (Lipinski definition) is 3. The van der Waals surface area contributed by atoms with E-state index >= 15 is 0 Å². The van der Waals surface area contributed by atoms with Gasteiger partial charge in [0.1, 0.15) is 5.75 Å². The summed E-state index contributed by atoms with van der Waals surface area (Å²) >= 11 is 0. The Morgan fingerprint density at radius 1 is 0.792 bits per heavy atom. The van der Waals surface area contributed by atoms with Crippen molar-refractivity contribution >= 4 is 21.8 Å². The van der Waals surface area contributed by atoms with Crippen molar-refractivity contribution in [2.75, 3.05) is 0 Å². The lowest BCUT2D eigenvalue weighted by atomic mass is 10.0. The standard InChI is InChI=1S/C21H18N2O/c1-15(14-16-10-12-22-19-8-4-2-6-17(16)19)24-21-11-13-23-20-9-5-3-7-18(20)21/h2-13,15H,14H2,1H3. The molecule has 0 amide bonds. The third-order valence-corrected chi connectivity index (χ3v) is 4.18. The zero-order valence-electron chi connectivity index (χ0n) is 13.5. The molecule has 0 saturated heterocycles. The fourth-order valence-electron chi connectivity index (χ4n) is 3.07. The molecule has 3 nitrogen and oxygen atoms in total. The molecule has 118 valence electrons. The first-order chi connectivity index (χ1) is 11.8. The van der Waals surface area contributed by atoms with Gasteiger partial charge in [-0.3, -0.25) is 9.97 Å². The van der Waals surface area contributed by atoms with Crippen molar-refractivity contribution in [1.82, 2.24) is 9.97 Å². The van der Waals surface area contributed by atoms with Crippen molar-refractivity contribution in [2.24, 2.45) is 0 Å². The zero-order valence-corrected chi connectivity index (χ0v) is 13.5. The van der Waals surface area contributed by atoms with Crippen LogP contribution in [0.1, 0.15) is 12.5 Å². The Morgan fingerprint density at radius 3 is 2.21 bits per heavy atom. The second-order valence-corrected chi connectivity index (χ2v) is 5.95. The van der Waals surface area contributed by atoms with Crippen molar-refractivity contribution in [1.29, 1.82) is 0 Å². The van der Waals surface area contributed by atoms with Crippen molar-refractivity contribution in [3.05, 3.63) is 78.6 Å². The van der Waals surface area contributed by atoms with Crippen molar-refractivity contribution < 1.29 is 4.74 Å². The van der Waals surface area contributed by atoms with Crippen molar-refractivity contribution in [3.63, 3.8) is 0 Å². The van der Waals surface area contributed by atoms with Gasteiger partial charge in [0.15, 0.2) is 0 Å². The highest BCUT2D eigenvalue weighted by Gasteiger charge is 2.11. The highest BCUT2D eigenvalue weighted by Crippen LogP contribution is 2.25. The molecule has 0 radical (unpaired) electrons. The summed E-state index contributed by atoms with van der Waals surface area (Å²) in [7, 11) is 0. The molecule has 2 aromatic heterocycles. The van der Waals surface area contributed by atoms with Crippen LogP contribution in [-0.4, -0.2) is 16.1 Å². The fourth-order valence-corrected chi connectivity index (χ4v) is 3.07. The van der Waals surface area contributed by atoms with E-state index in [1.807, 2.05) is 48.7 Å². The molecular weight excluding hydrogens is 296 g/mol. The third-order valence-electron chi connectivity index (χ3n) is 4.18. The van der Waals surface area contributed by atoms with Gasteiger partial charge in [-0.25, -0.2) is 0 Å². The maximum absolute atomic E-state index is 6.22. The second-order valence-electron chi connectivity index (χ2n) is 5.95. The maximum Gasteiger partial charge on any atom is 0.130 e. The van der Waals surface area contributed by atoms with E-state index in [0.717, 1.165) is 28.6 Å². The minimum Gasteiger partial charge on any atom is -0.490 e. The summed E-state index contributed by atoms with van der Waals surface area (Å²) in [6.45, 7) is 2.10. The number of para-hydroxylation sites is 2. The van der Waals surface area contributed by atoms with Gasteiger partial charge in [0.2, 0.25) is 0 Å². The van der Waals surface area contributed by atoms with E-state index < -0.39 is 0 Å². The Labute approximate surface area is 140 Å². The van der Waals surface area contributed by atoms with Gasteiger partial charge in [-0.05, 0) is 42.8 Å². The maximum atomic E-state index is 6.22. The molecule has 1 atom stereocenters.